The van der Waals surface area contributed by atoms with Crippen LogP contribution in [0.4, 0.5) is 0 Å². The van der Waals surface area contributed by atoms with Crippen molar-refractivity contribution in [2.24, 2.45) is 0 Å². The van der Waals surface area contributed by atoms with E-state index in [1.54, 1.807) is 12.5 Å². The van der Waals surface area contributed by atoms with Crippen molar-refractivity contribution in [3.63, 3.8) is 0 Å². The van der Waals surface area contributed by atoms with Crippen molar-refractivity contribution in [1.29, 1.82) is 0 Å². The van der Waals surface area contributed by atoms with Gasteiger partial charge in [0.15, 0.2) is 6.26 Å². The van der Waals surface area contributed by atoms with Gasteiger partial charge in [-0.2, -0.15) is 0 Å². The maximum absolute atomic E-state index is 5.46. The molecule has 0 radical (unpaired) electrons. The second-order valence-electron chi connectivity index (χ2n) is 2.30. The van der Waals surface area contributed by atoms with Crippen LogP contribution in [0.1, 0.15) is 25.7 Å². The summed E-state index contributed by atoms with van der Waals surface area (Å²) in [6.45, 7) is 4.06. The molecular formula is C6H11N2O+. The predicted octanol–water partition coefficient (Wildman–Crippen LogP) is 0.404. The van der Waals surface area contributed by atoms with Crippen LogP contribution in [0, 0.1) is 0 Å². The van der Waals surface area contributed by atoms with Crippen LogP contribution < -0.4 is 10.5 Å². The normalized spacial score (nSPS) is 10.6. The Balaban J connectivity index is 2.94. The van der Waals surface area contributed by atoms with Crippen molar-refractivity contribution < 1.29 is 9.09 Å². The molecule has 1 aromatic heterocycles. The molecule has 0 aliphatic carbocycles. The first-order valence-electron chi connectivity index (χ1n) is 2.96. The quantitative estimate of drug-likeness (QED) is 0.438. The summed E-state index contributed by atoms with van der Waals surface area (Å²) < 4.78 is 6.55. The Kier molecular flexibility index (Phi) is 1.42. The molecule has 50 valence electrons. The van der Waals surface area contributed by atoms with E-state index in [2.05, 4.69) is 0 Å². The lowest BCUT2D eigenvalue weighted by Gasteiger charge is -1.90. The molecule has 0 spiro atoms. The van der Waals surface area contributed by atoms with Crippen LogP contribution >= 0.6 is 0 Å². The molecule has 3 nitrogen and oxygen atoms in total. The van der Waals surface area contributed by atoms with Gasteiger partial charge in [0.25, 0.3) is 0 Å². The Bertz CT molecular complexity index is 193. The topological polar surface area (TPSA) is 43.0 Å². The third kappa shape index (κ3) is 1.04. The zero-order valence-corrected chi connectivity index (χ0v) is 5.66. The van der Waals surface area contributed by atoms with Crippen molar-refractivity contribution in [2.75, 3.05) is 5.84 Å². The molecule has 1 rings (SSSR count). The number of rotatable bonds is 1. The van der Waals surface area contributed by atoms with Gasteiger partial charge in [0.2, 0.25) is 6.20 Å². The summed E-state index contributed by atoms with van der Waals surface area (Å²) in [5, 5.41) is 0. The minimum atomic E-state index is 0.352. The monoisotopic (exact) mass is 127 g/mol. The smallest absolute Gasteiger partial charge is 0.378 e. The van der Waals surface area contributed by atoms with Gasteiger partial charge in [-0.15, -0.1) is 0 Å². The number of nitrogens with two attached hydrogens (primary N) is 1. The first-order valence-corrected chi connectivity index (χ1v) is 2.96. The minimum Gasteiger partial charge on any atom is -0.408 e. The van der Waals surface area contributed by atoms with Crippen LogP contribution in [0.25, 0.3) is 0 Å². The Labute approximate surface area is 54.1 Å². The second kappa shape index (κ2) is 2.09. The number of hydrogen-bond donors (Lipinski definition) is 1. The molecular weight excluding hydrogens is 116 g/mol. The van der Waals surface area contributed by atoms with Gasteiger partial charge in [-0.3, -0.25) is 0 Å². The van der Waals surface area contributed by atoms with Gasteiger partial charge in [-0.1, -0.05) is 4.68 Å². The number of hydrogen-bond acceptors (Lipinski definition) is 2. The van der Waals surface area contributed by atoms with E-state index < -0.39 is 0 Å². The van der Waals surface area contributed by atoms with Crippen molar-refractivity contribution in [1.82, 2.24) is 0 Å². The second-order valence-corrected chi connectivity index (χ2v) is 2.30. The fourth-order valence-electron chi connectivity index (χ4n) is 0.734. The highest BCUT2D eigenvalue weighted by Crippen LogP contribution is 2.06. The van der Waals surface area contributed by atoms with E-state index in [4.69, 9.17) is 10.3 Å². The lowest BCUT2D eigenvalue weighted by Crippen LogP contribution is -2.46. The molecule has 9 heavy (non-hydrogen) atoms. The van der Waals surface area contributed by atoms with Gasteiger partial charge >= 0.3 is 5.89 Å². The largest absolute Gasteiger partial charge is 0.408 e. The lowest BCUT2D eigenvalue weighted by atomic mass is 10.2. The van der Waals surface area contributed by atoms with Crippen LogP contribution in [-0.2, 0) is 0 Å². The summed E-state index contributed by atoms with van der Waals surface area (Å²) in [6, 6.07) is 0. The minimum absolute atomic E-state index is 0.352. The molecule has 0 saturated heterocycles. The molecule has 0 atom stereocenters. The summed E-state index contributed by atoms with van der Waals surface area (Å²) in [5.74, 6) is 6.62. The van der Waals surface area contributed by atoms with E-state index in [0.717, 1.165) is 5.89 Å². The van der Waals surface area contributed by atoms with Gasteiger partial charge in [-0.25, -0.2) is 5.84 Å². The van der Waals surface area contributed by atoms with Crippen molar-refractivity contribution >= 4 is 0 Å². The maximum Gasteiger partial charge on any atom is 0.378 e. The van der Waals surface area contributed by atoms with E-state index in [0.29, 0.717) is 5.92 Å². The molecule has 1 aromatic rings. The first kappa shape index (κ1) is 6.13. The van der Waals surface area contributed by atoms with Crippen molar-refractivity contribution in [2.45, 2.75) is 19.8 Å². The molecule has 0 aliphatic heterocycles. The number of aromatic nitrogens is 1. The zero-order valence-electron chi connectivity index (χ0n) is 5.66. The molecule has 0 unspecified atom stereocenters. The van der Waals surface area contributed by atoms with Crippen LogP contribution in [0.2, 0.25) is 0 Å². The Morgan fingerprint density at radius 2 is 2.33 bits per heavy atom. The van der Waals surface area contributed by atoms with Crippen LogP contribution in [-0.4, -0.2) is 0 Å². The highest BCUT2D eigenvalue weighted by Gasteiger charge is 2.15. The Morgan fingerprint density at radius 1 is 1.67 bits per heavy atom. The molecule has 0 saturated carbocycles. The van der Waals surface area contributed by atoms with Crippen LogP contribution in [0.3, 0.4) is 0 Å². The average Bonchev–Trinajstić information content (AvgIpc) is 2.13. The van der Waals surface area contributed by atoms with Crippen LogP contribution in [0.15, 0.2) is 16.9 Å². The standard InChI is InChI=1S/C6H11N2O/c1-5(2)6-8(7)3-4-9-6/h3-5H,7H2,1-2H3/q+1. The van der Waals surface area contributed by atoms with Gasteiger partial charge in [-0.05, 0) is 13.8 Å². The van der Waals surface area contributed by atoms with E-state index in [9.17, 15) is 0 Å². The lowest BCUT2D eigenvalue weighted by molar-refractivity contribution is -0.652. The SMILES string of the molecule is CC(C)c1occ[n+]1N. The fourth-order valence-corrected chi connectivity index (χ4v) is 0.734. The van der Waals surface area contributed by atoms with Gasteiger partial charge in [0, 0.05) is 0 Å². The fraction of sp³-hybridized carbons (Fsp3) is 0.500. The number of oxazole rings is 1. The maximum atomic E-state index is 5.46. The number of nitrogen functional groups attached to an aromatic ring is 1. The van der Waals surface area contributed by atoms with E-state index in [1.165, 1.54) is 4.68 Å². The molecule has 3 heteroatoms. The average molecular weight is 127 g/mol. The van der Waals surface area contributed by atoms with E-state index >= 15 is 0 Å². The first-order chi connectivity index (χ1) is 4.22. The summed E-state index contributed by atoms with van der Waals surface area (Å²) in [4.78, 5) is 0. The summed E-state index contributed by atoms with van der Waals surface area (Å²) in [6.07, 6.45) is 3.27. The third-order valence-corrected chi connectivity index (χ3v) is 1.16. The van der Waals surface area contributed by atoms with Crippen LogP contribution in [0.5, 0.6) is 0 Å². The van der Waals surface area contributed by atoms with E-state index in [1.807, 2.05) is 13.8 Å². The summed E-state index contributed by atoms with van der Waals surface area (Å²) in [5.41, 5.74) is 0. The molecule has 0 bridgehead atoms. The predicted molar refractivity (Wildman–Crippen MR) is 33.1 cm³/mol. The molecule has 0 aromatic carbocycles. The van der Waals surface area contributed by atoms with Crippen molar-refractivity contribution in [3.05, 3.63) is 18.4 Å². The Hall–Kier alpha value is -0.990. The Morgan fingerprint density at radius 3 is 2.56 bits per heavy atom. The molecule has 0 aliphatic rings. The summed E-state index contributed by atoms with van der Waals surface area (Å²) >= 11 is 0. The van der Waals surface area contributed by atoms with Gasteiger partial charge < -0.3 is 4.42 Å². The molecule has 2 N–H and O–H groups in total. The number of nitrogens with zero attached hydrogens (tertiary/aromatic N) is 1. The highest BCUT2D eigenvalue weighted by atomic mass is 16.3. The summed E-state index contributed by atoms with van der Waals surface area (Å²) in [7, 11) is 0. The highest BCUT2D eigenvalue weighted by molar-refractivity contribution is 4.76. The van der Waals surface area contributed by atoms with Gasteiger partial charge in [0.1, 0.15) is 0 Å². The van der Waals surface area contributed by atoms with Crippen molar-refractivity contribution in [3.8, 4) is 0 Å². The molecule has 0 fully saturated rings. The zero-order chi connectivity index (χ0) is 6.85. The third-order valence-electron chi connectivity index (χ3n) is 1.16. The molecule has 1 heterocycles. The van der Waals surface area contributed by atoms with E-state index in [-0.39, 0.29) is 0 Å². The van der Waals surface area contributed by atoms with Gasteiger partial charge in [0.05, 0.1) is 5.92 Å². The molecule has 0 amide bonds.